The lowest BCUT2D eigenvalue weighted by Gasteiger charge is -2.36. The highest BCUT2D eigenvalue weighted by Gasteiger charge is 2.26. The van der Waals surface area contributed by atoms with E-state index in [9.17, 15) is 9.90 Å². The number of piperazine rings is 1. The van der Waals surface area contributed by atoms with Crippen LogP contribution in [0.5, 0.6) is 11.5 Å². The van der Waals surface area contributed by atoms with Crippen LogP contribution >= 0.6 is 0 Å². The molecular formula is C27H30N2O3. The van der Waals surface area contributed by atoms with Crippen molar-refractivity contribution in [1.82, 2.24) is 10.2 Å². The lowest BCUT2D eigenvalue weighted by molar-refractivity contribution is -0.134. The third-order valence-corrected chi connectivity index (χ3v) is 5.93. The van der Waals surface area contributed by atoms with Gasteiger partial charge in [-0.15, -0.1) is 0 Å². The zero-order valence-corrected chi connectivity index (χ0v) is 18.2. The summed E-state index contributed by atoms with van der Waals surface area (Å²) in [7, 11) is 0. The third kappa shape index (κ3) is 5.55. The van der Waals surface area contributed by atoms with E-state index < -0.39 is 0 Å². The first kappa shape index (κ1) is 22.1. The fourth-order valence-corrected chi connectivity index (χ4v) is 4.21. The number of carbonyl (C=O) groups excluding carboxylic acids is 1. The molecule has 0 saturated carbocycles. The molecular weight excluding hydrogens is 400 g/mol. The Balaban J connectivity index is 1.42. The van der Waals surface area contributed by atoms with E-state index in [1.165, 1.54) is 5.56 Å². The molecule has 1 atom stereocenters. The molecule has 1 fully saturated rings. The Labute approximate surface area is 189 Å². The smallest absolute Gasteiger partial charge is 0.223 e. The van der Waals surface area contributed by atoms with E-state index in [1.54, 1.807) is 0 Å². The van der Waals surface area contributed by atoms with Gasteiger partial charge in [-0.25, -0.2) is 0 Å². The van der Waals surface area contributed by atoms with Crippen molar-refractivity contribution in [3.63, 3.8) is 0 Å². The molecule has 5 nitrogen and oxygen atoms in total. The minimum absolute atomic E-state index is 0.0807. The topological polar surface area (TPSA) is 61.8 Å². The quantitative estimate of drug-likeness (QED) is 0.568. The third-order valence-electron chi connectivity index (χ3n) is 5.93. The summed E-state index contributed by atoms with van der Waals surface area (Å²) in [4.78, 5) is 15.2. The number of nitrogens with zero attached hydrogens (tertiary/aromatic N) is 1. The van der Waals surface area contributed by atoms with Gasteiger partial charge < -0.3 is 20.1 Å². The number of aryl methyl sites for hydroxylation is 1. The fraction of sp³-hybridized carbons (Fsp3) is 0.296. The van der Waals surface area contributed by atoms with Crippen LogP contribution in [0.25, 0.3) is 0 Å². The number of aliphatic hydroxyl groups excluding tert-OH is 1. The van der Waals surface area contributed by atoms with Crippen LogP contribution in [0, 0.1) is 0 Å². The van der Waals surface area contributed by atoms with Crippen molar-refractivity contribution < 1.29 is 14.6 Å². The molecule has 1 aliphatic heterocycles. The van der Waals surface area contributed by atoms with Gasteiger partial charge in [0, 0.05) is 37.7 Å². The number of nitrogens with one attached hydrogen (secondary N) is 1. The second kappa shape index (κ2) is 10.9. The largest absolute Gasteiger partial charge is 0.457 e. The molecule has 1 amide bonds. The molecule has 1 aliphatic rings. The predicted octanol–water partition coefficient (Wildman–Crippen LogP) is 3.95. The fourth-order valence-electron chi connectivity index (χ4n) is 4.21. The van der Waals surface area contributed by atoms with E-state index in [2.05, 4.69) is 17.4 Å². The van der Waals surface area contributed by atoms with Gasteiger partial charge >= 0.3 is 0 Å². The van der Waals surface area contributed by atoms with Crippen LogP contribution in [0.2, 0.25) is 0 Å². The summed E-state index contributed by atoms with van der Waals surface area (Å²) in [5, 5.41) is 13.0. The van der Waals surface area contributed by atoms with Crippen LogP contribution in [0.4, 0.5) is 0 Å². The van der Waals surface area contributed by atoms with Gasteiger partial charge in [-0.3, -0.25) is 4.79 Å². The molecule has 0 spiro atoms. The van der Waals surface area contributed by atoms with Crippen LogP contribution < -0.4 is 10.1 Å². The van der Waals surface area contributed by atoms with E-state index in [0.717, 1.165) is 42.9 Å². The van der Waals surface area contributed by atoms with Crippen molar-refractivity contribution in [1.29, 1.82) is 0 Å². The number of hydrogen-bond acceptors (Lipinski definition) is 4. The van der Waals surface area contributed by atoms with Crippen molar-refractivity contribution >= 4 is 5.91 Å². The maximum atomic E-state index is 13.2. The molecule has 5 heteroatoms. The van der Waals surface area contributed by atoms with Gasteiger partial charge in [0.15, 0.2) is 0 Å². The number of rotatable bonds is 8. The van der Waals surface area contributed by atoms with Crippen LogP contribution in [0.3, 0.4) is 0 Å². The number of hydrogen-bond donors (Lipinski definition) is 2. The highest BCUT2D eigenvalue weighted by Crippen LogP contribution is 2.29. The normalized spacial score (nSPS) is 16.0. The Morgan fingerprint density at radius 2 is 1.59 bits per heavy atom. The summed E-state index contributed by atoms with van der Waals surface area (Å²) in [6, 6.07) is 25.8. The monoisotopic (exact) mass is 430 g/mol. The van der Waals surface area contributed by atoms with Gasteiger partial charge in [0.25, 0.3) is 0 Å². The van der Waals surface area contributed by atoms with Gasteiger partial charge in [0.05, 0.1) is 6.61 Å². The standard InChI is InChI=1S/C27H30N2O3/c30-20-23-11-5-7-13-26(23)32-25-12-6-4-10-22(25)14-15-27(31)29-17-16-28-19-24(29)18-21-8-2-1-3-9-21/h1-13,24,28,30H,14-20H2. The Kier molecular flexibility index (Phi) is 7.54. The maximum Gasteiger partial charge on any atom is 0.223 e. The zero-order valence-electron chi connectivity index (χ0n) is 18.2. The van der Waals surface area contributed by atoms with Gasteiger partial charge in [-0.05, 0) is 36.1 Å². The molecule has 0 radical (unpaired) electrons. The van der Waals surface area contributed by atoms with E-state index in [1.807, 2.05) is 71.6 Å². The Hall–Kier alpha value is -3.15. The zero-order chi connectivity index (χ0) is 22.2. The minimum Gasteiger partial charge on any atom is -0.457 e. The second-order valence-electron chi connectivity index (χ2n) is 8.11. The van der Waals surface area contributed by atoms with E-state index in [0.29, 0.717) is 18.6 Å². The molecule has 4 rings (SSSR count). The van der Waals surface area contributed by atoms with Crippen molar-refractivity contribution in [2.24, 2.45) is 0 Å². The van der Waals surface area contributed by atoms with Crippen molar-refractivity contribution in [2.45, 2.75) is 31.9 Å². The first-order valence-electron chi connectivity index (χ1n) is 11.2. The van der Waals surface area contributed by atoms with Crippen molar-refractivity contribution in [3.05, 3.63) is 95.6 Å². The number of amides is 1. The van der Waals surface area contributed by atoms with Crippen molar-refractivity contribution in [2.75, 3.05) is 19.6 Å². The predicted molar refractivity (Wildman–Crippen MR) is 126 cm³/mol. The number of para-hydroxylation sites is 2. The molecule has 2 N–H and O–H groups in total. The molecule has 0 aliphatic carbocycles. The molecule has 1 saturated heterocycles. The average Bonchev–Trinajstić information content (AvgIpc) is 2.84. The van der Waals surface area contributed by atoms with Gasteiger partial charge in [-0.1, -0.05) is 66.7 Å². The maximum absolute atomic E-state index is 13.2. The lowest BCUT2D eigenvalue weighted by atomic mass is 10.0. The van der Waals surface area contributed by atoms with Crippen LogP contribution in [-0.4, -0.2) is 41.6 Å². The Morgan fingerprint density at radius 1 is 0.938 bits per heavy atom. The van der Waals surface area contributed by atoms with Crippen LogP contribution in [-0.2, 0) is 24.2 Å². The first-order valence-corrected chi connectivity index (χ1v) is 11.2. The molecule has 3 aromatic carbocycles. The summed E-state index contributed by atoms with van der Waals surface area (Å²) in [5.41, 5.74) is 2.98. The SMILES string of the molecule is O=C(CCc1ccccc1Oc1ccccc1CO)N1CCNCC1Cc1ccccc1. The summed E-state index contributed by atoms with van der Waals surface area (Å²) < 4.78 is 6.11. The number of benzene rings is 3. The van der Waals surface area contributed by atoms with Gasteiger partial charge in [-0.2, -0.15) is 0 Å². The molecule has 0 aromatic heterocycles. The van der Waals surface area contributed by atoms with Crippen LogP contribution in [0.15, 0.2) is 78.9 Å². The molecule has 1 heterocycles. The molecule has 0 bridgehead atoms. The van der Waals surface area contributed by atoms with Crippen molar-refractivity contribution in [3.8, 4) is 11.5 Å². The number of aliphatic hydroxyl groups is 1. The molecule has 166 valence electrons. The summed E-state index contributed by atoms with van der Waals surface area (Å²) >= 11 is 0. The highest BCUT2D eigenvalue weighted by molar-refractivity contribution is 5.77. The summed E-state index contributed by atoms with van der Waals surface area (Å²) in [6.07, 6.45) is 1.91. The average molecular weight is 431 g/mol. The Morgan fingerprint density at radius 3 is 2.34 bits per heavy atom. The first-order chi connectivity index (χ1) is 15.7. The van der Waals surface area contributed by atoms with E-state index in [-0.39, 0.29) is 18.6 Å². The molecule has 3 aromatic rings. The Bertz CT molecular complexity index is 1020. The van der Waals surface area contributed by atoms with Gasteiger partial charge in [0.2, 0.25) is 5.91 Å². The summed E-state index contributed by atoms with van der Waals surface area (Å²) in [5.74, 6) is 1.54. The van der Waals surface area contributed by atoms with E-state index in [4.69, 9.17) is 4.74 Å². The number of carbonyl (C=O) groups is 1. The molecule has 32 heavy (non-hydrogen) atoms. The number of ether oxygens (including phenoxy) is 1. The molecule has 1 unspecified atom stereocenters. The van der Waals surface area contributed by atoms with Gasteiger partial charge in [0.1, 0.15) is 11.5 Å². The lowest BCUT2D eigenvalue weighted by Crippen LogP contribution is -2.54. The highest BCUT2D eigenvalue weighted by atomic mass is 16.5. The van der Waals surface area contributed by atoms with E-state index >= 15 is 0 Å². The second-order valence-corrected chi connectivity index (χ2v) is 8.11. The minimum atomic E-state index is -0.0807. The van der Waals surface area contributed by atoms with Crippen LogP contribution in [0.1, 0.15) is 23.1 Å². The summed E-state index contributed by atoms with van der Waals surface area (Å²) in [6.45, 7) is 2.30.